The number of thioether (sulfide) groups is 1. The summed E-state index contributed by atoms with van der Waals surface area (Å²) in [6.07, 6.45) is 0.797. The van der Waals surface area contributed by atoms with Crippen molar-refractivity contribution < 1.29 is 9.90 Å². The second-order valence-electron chi connectivity index (χ2n) is 4.99. The molecule has 0 saturated heterocycles. The Morgan fingerprint density at radius 3 is 2.83 bits per heavy atom. The third-order valence-electron chi connectivity index (χ3n) is 3.12. The molecule has 7 heteroatoms. The predicted molar refractivity (Wildman–Crippen MR) is 96.4 cm³/mol. The van der Waals surface area contributed by atoms with Gasteiger partial charge in [0, 0.05) is 10.4 Å². The lowest BCUT2D eigenvalue weighted by molar-refractivity contribution is -0.121. The summed E-state index contributed by atoms with van der Waals surface area (Å²) in [5.74, 6) is 0.837. The summed E-state index contributed by atoms with van der Waals surface area (Å²) in [7, 11) is 0. The maximum absolute atomic E-state index is 12.1. The second kappa shape index (κ2) is 9.27. The highest BCUT2D eigenvalue weighted by molar-refractivity contribution is 8.00. The van der Waals surface area contributed by atoms with Crippen molar-refractivity contribution in [2.24, 2.45) is 0 Å². The van der Waals surface area contributed by atoms with Gasteiger partial charge < -0.3 is 10.4 Å². The van der Waals surface area contributed by atoms with Gasteiger partial charge in [0.2, 0.25) is 5.91 Å². The Labute approximate surface area is 149 Å². The van der Waals surface area contributed by atoms with Crippen molar-refractivity contribution in [1.29, 1.82) is 0 Å². The number of hydrogen-bond acceptors (Lipinski definition) is 5. The van der Waals surface area contributed by atoms with E-state index in [2.05, 4.69) is 17.2 Å². The van der Waals surface area contributed by atoms with E-state index in [0.29, 0.717) is 11.4 Å². The Hall–Kier alpha value is -1.08. The van der Waals surface area contributed by atoms with Crippen LogP contribution in [0.1, 0.15) is 18.2 Å². The van der Waals surface area contributed by atoms with Crippen LogP contribution >= 0.6 is 34.7 Å². The van der Waals surface area contributed by atoms with Crippen molar-refractivity contribution in [3.8, 4) is 0 Å². The summed E-state index contributed by atoms with van der Waals surface area (Å²) in [4.78, 5) is 16.5. The van der Waals surface area contributed by atoms with E-state index in [1.165, 1.54) is 0 Å². The topological polar surface area (TPSA) is 62.2 Å². The largest absolute Gasteiger partial charge is 0.394 e. The van der Waals surface area contributed by atoms with Crippen molar-refractivity contribution in [2.75, 3.05) is 12.4 Å². The number of nitrogens with zero attached hydrogens (tertiary/aromatic N) is 1. The van der Waals surface area contributed by atoms with Crippen LogP contribution in [0, 0.1) is 0 Å². The van der Waals surface area contributed by atoms with Gasteiger partial charge in [0.05, 0.1) is 24.8 Å². The lowest BCUT2D eigenvalue weighted by atomic mass is 10.1. The average molecular weight is 371 g/mol. The predicted octanol–water partition coefficient (Wildman–Crippen LogP) is 3.17. The van der Waals surface area contributed by atoms with Crippen molar-refractivity contribution >= 4 is 40.6 Å². The van der Waals surface area contributed by atoms with Gasteiger partial charge in [0.15, 0.2) is 0 Å². The molecule has 0 unspecified atom stereocenters. The van der Waals surface area contributed by atoms with E-state index in [1.807, 2.05) is 17.5 Å². The fourth-order valence-electron chi connectivity index (χ4n) is 2.07. The molecule has 1 aromatic carbocycles. The van der Waals surface area contributed by atoms with Crippen LogP contribution in [0.15, 0.2) is 34.0 Å². The number of benzene rings is 1. The van der Waals surface area contributed by atoms with E-state index < -0.39 is 0 Å². The zero-order valence-corrected chi connectivity index (χ0v) is 15.2. The first kappa shape index (κ1) is 18.3. The minimum absolute atomic E-state index is 0.109. The lowest BCUT2D eigenvalue weighted by Gasteiger charge is -2.16. The molecule has 2 aromatic rings. The normalized spacial score (nSPS) is 12.1. The molecule has 124 valence electrons. The molecule has 0 saturated carbocycles. The molecule has 2 rings (SSSR count). The number of halogens is 1. The molecule has 0 radical (unpaired) electrons. The van der Waals surface area contributed by atoms with Crippen LogP contribution in [0.4, 0.5) is 0 Å². The first-order chi connectivity index (χ1) is 11.1. The lowest BCUT2D eigenvalue weighted by Crippen LogP contribution is -2.39. The van der Waals surface area contributed by atoms with Crippen LogP contribution in [0.2, 0.25) is 5.02 Å². The molecule has 1 amide bonds. The molecule has 1 heterocycles. The first-order valence-corrected chi connectivity index (χ1v) is 9.57. The number of carbonyl (C=O) groups excluding carboxylic acids is 1. The fraction of sp³-hybridized carbons (Fsp3) is 0.375. The summed E-state index contributed by atoms with van der Waals surface area (Å²) in [6, 6.07) is 7.08. The van der Waals surface area contributed by atoms with Gasteiger partial charge in [0.1, 0.15) is 4.34 Å². The maximum atomic E-state index is 12.1. The minimum atomic E-state index is -0.313. The number of aliphatic hydroxyl groups is 1. The number of hydrogen-bond donors (Lipinski definition) is 2. The van der Waals surface area contributed by atoms with Crippen LogP contribution in [-0.2, 0) is 17.6 Å². The van der Waals surface area contributed by atoms with Crippen LogP contribution < -0.4 is 5.32 Å². The van der Waals surface area contributed by atoms with Gasteiger partial charge in [-0.15, -0.1) is 11.3 Å². The van der Waals surface area contributed by atoms with Gasteiger partial charge in [-0.05, 0) is 29.9 Å². The highest BCUT2D eigenvalue weighted by Crippen LogP contribution is 2.22. The molecular formula is C16H19ClN2O2S2. The summed E-state index contributed by atoms with van der Waals surface area (Å²) in [5, 5.41) is 14.9. The van der Waals surface area contributed by atoms with Gasteiger partial charge in [0.25, 0.3) is 0 Å². The molecule has 23 heavy (non-hydrogen) atoms. The van der Waals surface area contributed by atoms with Crippen LogP contribution in [0.25, 0.3) is 0 Å². The standard InChI is InChI=1S/C16H19ClN2O2S2/c1-2-22-16-19-14(10-23-16)8-15(21)18-13(9-20)7-11-3-5-12(17)6-4-11/h3-6,10,13,20H,2,7-9H2,1H3,(H,18,21)/t13-/m1/s1. The molecule has 0 bridgehead atoms. The molecule has 2 N–H and O–H groups in total. The number of nitrogens with one attached hydrogen (secondary N) is 1. The molecule has 0 aliphatic carbocycles. The quantitative estimate of drug-likeness (QED) is 0.700. The Bertz CT molecular complexity index is 631. The molecule has 1 aromatic heterocycles. The molecule has 0 aliphatic rings. The minimum Gasteiger partial charge on any atom is -0.394 e. The smallest absolute Gasteiger partial charge is 0.226 e. The summed E-state index contributed by atoms with van der Waals surface area (Å²) >= 11 is 9.08. The van der Waals surface area contributed by atoms with Crippen molar-refractivity contribution in [3.63, 3.8) is 0 Å². The zero-order chi connectivity index (χ0) is 16.7. The second-order valence-corrected chi connectivity index (χ2v) is 7.80. The number of thiazole rings is 1. The SMILES string of the molecule is CCSc1nc(CC(=O)N[C@@H](CO)Cc2ccc(Cl)cc2)cs1. The Morgan fingerprint density at radius 1 is 1.43 bits per heavy atom. The molecule has 0 fully saturated rings. The van der Waals surface area contributed by atoms with Crippen molar-refractivity contribution in [3.05, 3.63) is 45.9 Å². The van der Waals surface area contributed by atoms with E-state index in [9.17, 15) is 9.90 Å². The van der Waals surface area contributed by atoms with Gasteiger partial charge in [-0.2, -0.15) is 0 Å². The maximum Gasteiger partial charge on any atom is 0.226 e. The third kappa shape index (κ3) is 6.14. The van der Waals surface area contributed by atoms with E-state index in [-0.39, 0.29) is 25.0 Å². The van der Waals surface area contributed by atoms with E-state index >= 15 is 0 Å². The molecule has 0 aliphatic heterocycles. The van der Waals surface area contributed by atoms with E-state index in [1.54, 1.807) is 35.2 Å². The summed E-state index contributed by atoms with van der Waals surface area (Å²) in [6.45, 7) is 1.96. The highest BCUT2D eigenvalue weighted by atomic mass is 35.5. The zero-order valence-electron chi connectivity index (χ0n) is 12.8. The number of carbonyl (C=O) groups is 1. The summed E-state index contributed by atoms with van der Waals surface area (Å²) < 4.78 is 0.982. The third-order valence-corrected chi connectivity index (χ3v) is 5.32. The van der Waals surface area contributed by atoms with Crippen molar-refractivity contribution in [2.45, 2.75) is 30.1 Å². The van der Waals surface area contributed by atoms with Gasteiger partial charge in [-0.3, -0.25) is 4.79 Å². The Balaban J connectivity index is 1.87. The number of rotatable bonds is 8. The first-order valence-electron chi connectivity index (χ1n) is 7.32. The van der Waals surface area contributed by atoms with Gasteiger partial charge in [-0.1, -0.05) is 42.4 Å². The fourth-order valence-corrected chi connectivity index (χ4v) is 3.94. The highest BCUT2D eigenvalue weighted by Gasteiger charge is 2.14. The summed E-state index contributed by atoms with van der Waals surface area (Å²) in [5.41, 5.74) is 1.79. The Morgan fingerprint density at radius 2 is 2.17 bits per heavy atom. The molecule has 1 atom stereocenters. The van der Waals surface area contributed by atoms with Crippen LogP contribution in [0.3, 0.4) is 0 Å². The van der Waals surface area contributed by atoms with Gasteiger partial charge in [-0.25, -0.2) is 4.98 Å². The molecular weight excluding hydrogens is 352 g/mol. The van der Waals surface area contributed by atoms with Crippen molar-refractivity contribution in [1.82, 2.24) is 10.3 Å². The van der Waals surface area contributed by atoms with Crippen LogP contribution in [-0.4, -0.2) is 34.4 Å². The Kier molecular flexibility index (Phi) is 7.36. The number of amides is 1. The van der Waals surface area contributed by atoms with E-state index in [4.69, 9.17) is 11.6 Å². The molecule has 4 nitrogen and oxygen atoms in total. The molecule has 0 spiro atoms. The number of aromatic nitrogens is 1. The van der Waals surface area contributed by atoms with E-state index in [0.717, 1.165) is 21.3 Å². The average Bonchev–Trinajstić information content (AvgIpc) is 2.96. The van der Waals surface area contributed by atoms with Crippen LogP contribution in [0.5, 0.6) is 0 Å². The van der Waals surface area contributed by atoms with Gasteiger partial charge >= 0.3 is 0 Å². The monoisotopic (exact) mass is 370 g/mol. The number of aliphatic hydroxyl groups excluding tert-OH is 1.